The lowest BCUT2D eigenvalue weighted by Crippen LogP contribution is -2.66. The maximum Gasteiger partial charge on any atom is 0.425 e. The second kappa shape index (κ2) is 10.2. The molecule has 1 atom stereocenters. The van der Waals surface area contributed by atoms with Crippen LogP contribution in [0.15, 0.2) is 47.7 Å². The molecule has 2 aliphatic rings. The molecule has 0 aromatic heterocycles. The third kappa shape index (κ3) is 4.92. The van der Waals surface area contributed by atoms with Crippen molar-refractivity contribution in [3.8, 4) is 17.2 Å². The first kappa shape index (κ1) is 30.7. The minimum atomic E-state index is -5.59. The van der Waals surface area contributed by atoms with E-state index in [1.54, 1.807) is 19.2 Å². The largest absolute Gasteiger partial charge is 0.493 e. The van der Waals surface area contributed by atoms with E-state index in [0.29, 0.717) is 17.0 Å². The number of methoxy groups -OCH3 is 3. The Morgan fingerprint density at radius 2 is 1.50 bits per heavy atom. The number of nitrogens with zero attached hydrogens (tertiary/aromatic N) is 1. The molecular weight excluding hydrogens is 574 g/mol. The Kier molecular flexibility index (Phi) is 7.49. The highest BCUT2D eigenvalue weighted by molar-refractivity contribution is 6.21. The second-order valence-electron chi connectivity index (χ2n) is 10.6. The van der Waals surface area contributed by atoms with Crippen LogP contribution in [0.3, 0.4) is 0 Å². The molecule has 42 heavy (non-hydrogen) atoms. The summed E-state index contributed by atoms with van der Waals surface area (Å²) in [5.74, 6) is -4.49. The number of Topliss-reactive ketones (excluding diaryl/α,β-unsaturated/α-hetero) is 1. The number of anilines is 1. The van der Waals surface area contributed by atoms with Gasteiger partial charge in [0.2, 0.25) is 11.3 Å². The molecule has 2 amide bonds. The molecule has 0 radical (unpaired) electrons. The van der Waals surface area contributed by atoms with E-state index in [-0.39, 0.29) is 23.7 Å². The van der Waals surface area contributed by atoms with Crippen molar-refractivity contribution >= 4 is 23.3 Å². The Bertz CT molecular complexity index is 1470. The summed E-state index contributed by atoms with van der Waals surface area (Å²) in [6.07, 6.45) is -11.1. The first-order valence-corrected chi connectivity index (χ1v) is 12.4. The number of ketones is 1. The van der Waals surface area contributed by atoms with Gasteiger partial charge in [-0.2, -0.15) is 26.3 Å². The Morgan fingerprint density at radius 3 is 2.00 bits per heavy atom. The van der Waals surface area contributed by atoms with E-state index >= 15 is 13.2 Å². The molecule has 14 heteroatoms. The van der Waals surface area contributed by atoms with Crippen molar-refractivity contribution in [2.75, 3.05) is 26.2 Å². The van der Waals surface area contributed by atoms with Crippen LogP contribution < -0.4 is 24.4 Å². The Balaban J connectivity index is 1.95. The highest BCUT2D eigenvalue weighted by atomic mass is 19.4. The van der Waals surface area contributed by atoms with Crippen molar-refractivity contribution in [2.45, 2.75) is 44.6 Å². The van der Waals surface area contributed by atoms with Gasteiger partial charge in [-0.1, -0.05) is 19.9 Å². The van der Waals surface area contributed by atoms with Crippen LogP contribution in [0, 0.1) is 5.41 Å². The third-order valence-electron chi connectivity index (χ3n) is 7.11. The molecular formula is C28H26F6N2O6. The summed E-state index contributed by atoms with van der Waals surface area (Å²) < 4.78 is 101. The highest BCUT2D eigenvalue weighted by Crippen LogP contribution is 2.53. The SMILES string of the molecule is COc1cc(C(=O)N[C@@]2(C(F)(F)F)C(=O)N(c3cccc(C(F)(F)F)c3)C3=C2C(=O)CC(C)(C)C3)cc(OC)c1OC. The molecule has 0 unspecified atom stereocenters. The normalized spacial score (nSPS) is 20.4. The number of hydrogen-bond acceptors (Lipinski definition) is 6. The zero-order chi connectivity index (χ0) is 31.4. The number of carbonyl (C=O) groups excluding carboxylic acids is 3. The van der Waals surface area contributed by atoms with E-state index in [9.17, 15) is 27.6 Å². The quantitative estimate of drug-likeness (QED) is 0.444. The number of carbonyl (C=O) groups is 3. The van der Waals surface area contributed by atoms with Crippen molar-refractivity contribution in [3.05, 3.63) is 58.8 Å². The fraction of sp³-hybridized carbons (Fsp3) is 0.393. The Morgan fingerprint density at radius 1 is 0.905 bits per heavy atom. The van der Waals surface area contributed by atoms with Crippen molar-refractivity contribution in [1.29, 1.82) is 0 Å². The molecule has 1 aliphatic heterocycles. The minimum Gasteiger partial charge on any atom is -0.493 e. The molecule has 4 rings (SSSR count). The van der Waals surface area contributed by atoms with Crippen LogP contribution in [0.25, 0.3) is 0 Å². The van der Waals surface area contributed by atoms with Gasteiger partial charge in [0.15, 0.2) is 17.3 Å². The number of ether oxygens (including phenoxy) is 3. The molecule has 0 bridgehead atoms. The highest BCUT2D eigenvalue weighted by Gasteiger charge is 2.72. The number of rotatable bonds is 6. The predicted molar refractivity (Wildman–Crippen MR) is 136 cm³/mol. The molecule has 1 aliphatic carbocycles. The topological polar surface area (TPSA) is 94.2 Å². The number of hydrogen-bond donors (Lipinski definition) is 1. The molecule has 0 saturated heterocycles. The van der Waals surface area contributed by atoms with Gasteiger partial charge >= 0.3 is 12.4 Å². The van der Waals surface area contributed by atoms with Gasteiger partial charge in [-0.3, -0.25) is 19.3 Å². The standard InChI is InChI=1S/C28H26F6N2O6/c1-25(2)12-17-21(18(37)13-25)26(28(32,33)34,24(39)36(17)16-8-6-7-15(11-16)27(29,30)31)35-23(38)14-9-19(40-3)22(42-5)20(10-14)41-4/h6-11H,12-13H2,1-5H3,(H,35,38)/t26-/m1/s1. The molecule has 0 fully saturated rings. The van der Waals surface area contributed by atoms with Gasteiger partial charge < -0.3 is 19.5 Å². The summed E-state index contributed by atoms with van der Waals surface area (Å²) in [5.41, 5.74) is -8.53. The van der Waals surface area contributed by atoms with Crippen molar-refractivity contribution in [3.63, 3.8) is 0 Å². The third-order valence-corrected chi connectivity index (χ3v) is 7.11. The number of halogens is 6. The van der Waals surface area contributed by atoms with E-state index in [2.05, 4.69) is 0 Å². The predicted octanol–water partition coefficient (Wildman–Crippen LogP) is 5.45. The van der Waals surface area contributed by atoms with Gasteiger partial charge in [-0.15, -0.1) is 0 Å². The van der Waals surface area contributed by atoms with Gasteiger partial charge in [0.25, 0.3) is 11.8 Å². The fourth-order valence-corrected chi connectivity index (χ4v) is 5.30. The van der Waals surface area contributed by atoms with Crippen molar-refractivity contribution in [2.24, 2.45) is 5.41 Å². The summed E-state index contributed by atoms with van der Waals surface area (Å²) in [6, 6.07) is 5.26. The first-order chi connectivity index (χ1) is 19.4. The van der Waals surface area contributed by atoms with Crippen molar-refractivity contribution in [1.82, 2.24) is 5.32 Å². The summed E-state index contributed by atoms with van der Waals surface area (Å²) >= 11 is 0. The van der Waals surface area contributed by atoms with Crippen LogP contribution in [0.1, 0.15) is 42.6 Å². The van der Waals surface area contributed by atoms with Crippen LogP contribution >= 0.6 is 0 Å². The van der Waals surface area contributed by atoms with Crippen LogP contribution in [0.2, 0.25) is 0 Å². The molecule has 0 saturated carbocycles. The molecule has 1 N–H and O–H groups in total. The lowest BCUT2D eigenvalue weighted by atomic mass is 9.72. The van der Waals surface area contributed by atoms with Crippen LogP contribution in [-0.4, -0.2) is 50.6 Å². The Hall–Kier alpha value is -4.23. The van der Waals surface area contributed by atoms with E-state index in [1.807, 2.05) is 0 Å². The van der Waals surface area contributed by atoms with Gasteiger partial charge in [0.05, 0.1) is 32.5 Å². The number of nitrogens with one attached hydrogen (secondary N) is 1. The summed E-state index contributed by atoms with van der Waals surface area (Å²) in [6.45, 7) is 3.15. The molecule has 1 heterocycles. The smallest absolute Gasteiger partial charge is 0.425 e. The molecule has 8 nitrogen and oxygen atoms in total. The fourth-order valence-electron chi connectivity index (χ4n) is 5.30. The molecule has 0 spiro atoms. The maximum atomic E-state index is 15.1. The van der Waals surface area contributed by atoms with Crippen LogP contribution in [0.5, 0.6) is 17.2 Å². The minimum absolute atomic E-state index is 0.0319. The first-order valence-electron chi connectivity index (χ1n) is 12.4. The number of allylic oxidation sites excluding steroid dienone is 1. The molecule has 2 aromatic carbocycles. The number of alkyl halides is 6. The van der Waals surface area contributed by atoms with Crippen LogP contribution in [-0.2, 0) is 15.8 Å². The van der Waals surface area contributed by atoms with E-state index < -0.39 is 75.4 Å². The zero-order valence-electron chi connectivity index (χ0n) is 23.0. The van der Waals surface area contributed by atoms with Gasteiger partial charge in [0, 0.05) is 23.4 Å². The van der Waals surface area contributed by atoms with Gasteiger partial charge in [-0.05, 0) is 42.2 Å². The van der Waals surface area contributed by atoms with Gasteiger partial charge in [0.1, 0.15) is 0 Å². The average molecular weight is 601 g/mol. The van der Waals surface area contributed by atoms with Gasteiger partial charge in [-0.25, -0.2) is 0 Å². The zero-order valence-corrected chi connectivity index (χ0v) is 23.0. The molecule has 226 valence electrons. The average Bonchev–Trinajstić information content (AvgIpc) is 3.14. The lowest BCUT2D eigenvalue weighted by Gasteiger charge is -2.35. The van der Waals surface area contributed by atoms with Crippen molar-refractivity contribution < 1.29 is 54.9 Å². The monoisotopic (exact) mass is 600 g/mol. The second-order valence-corrected chi connectivity index (χ2v) is 10.6. The van der Waals surface area contributed by atoms with E-state index in [1.165, 1.54) is 21.3 Å². The number of benzene rings is 2. The summed E-state index contributed by atoms with van der Waals surface area (Å²) in [4.78, 5) is 41.2. The summed E-state index contributed by atoms with van der Waals surface area (Å²) in [5, 5.41) is 1.73. The number of amides is 2. The lowest BCUT2D eigenvalue weighted by molar-refractivity contribution is -0.186. The Labute approximate surface area is 236 Å². The van der Waals surface area contributed by atoms with E-state index in [4.69, 9.17) is 14.2 Å². The van der Waals surface area contributed by atoms with E-state index in [0.717, 1.165) is 24.3 Å². The summed E-state index contributed by atoms with van der Waals surface area (Å²) in [7, 11) is 3.69. The van der Waals surface area contributed by atoms with Crippen LogP contribution in [0.4, 0.5) is 32.0 Å². The maximum absolute atomic E-state index is 15.1. The molecule has 2 aromatic rings.